The highest BCUT2D eigenvalue weighted by Gasteiger charge is 2.07. The van der Waals surface area contributed by atoms with Gasteiger partial charge in [0.15, 0.2) is 0 Å². The molecule has 0 aromatic rings. The smallest absolute Gasteiger partial charge is 0.325 e. The Morgan fingerprint density at radius 3 is 1.89 bits per heavy atom. The van der Waals surface area contributed by atoms with E-state index < -0.39 is 0 Å². The number of amides is 1. The lowest BCUT2D eigenvalue weighted by Gasteiger charge is -2.08. The second kappa shape index (κ2) is 19.4. The van der Waals surface area contributed by atoms with Crippen LogP contribution in [0, 0.1) is 0 Å². The Balaban J connectivity index is 3.31. The molecule has 1 amide bonds. The normalized spacial score (nSPS) is 11.3. The highest BCUT2D eigenvalue weighted by Crippen LogP contribution is 2.09. The number of unbranched alkanes of at least 4 members (excludes halogenated alkanes) is 11. The van der Waals surface area contributed by atoms with Crippen molar-refractivity contribution in [2.45, 2.75) is 117 Å². The third-order valence-corrected chi connectivity index (χ3v) is 4.46. The third-order valence-electron chi connectivity index (χ3n) is 4.46. The maximum Gasteiger partial charge on any atom is 0.325 e. The minimum atomic E-state index is -0.372. The second-order valence-electron chi connectivity index (χ2n) is 7.65. The van der Waals surface area contributed by atoms with E-state index in [1.54, 1.807) is 13.8 Å². The molecule has 0 aliphatic heterocycles. The van der Waals surface area contributed by atoms with Gasteiger partial charge in [-0.05, 0) is 46.0 Å². The molecular weight excluding hydrogens is 338 g/mol. The van der Waals surface area contributed by atoms with E-state index in [1.165, 1.54) is 70.6 Å². The number of allylic oxidation sites excluding steroid dienone is 2. The Kier molecular flexibility index (Phi) is 18.5. The molecule has 0 rings (SSSR count). The van der Waals surface area contributed by atoms with Crippen LogP contribution in [-0.2, 0) is 14.3 Å². The van der Waals surface area contributed by atoms with Gasteiger partial charge in [-0.1, -0.05) is 70.4 Å². The first kappa shape index (κ1) is 25.7. The van der Waals surface area contributed by atoms with Gasteiger partial charge in [0.25, 0.3) is 0 Å². The van der Waals surface area contributed by atoms with Gasteiger partial charge in [0.1, 0.15) is 6.54 Å². The van der Waals surface area contributed by atoms with Crippen LogP contribution in [0.3, 0.4) is 0 Å². The highest BCUT2D eigenvalue weighted by molar-refractivity contribution is 5.81. The molecule has 0 fully saturated rings. The molecule has 0 aliphatic carbocycles. The zero-order chi connectivity index (χ0) is 20.2. The van der Waals surface area contributed by atoms with Crippen molar-refractivity contribution in [2.24, 2.45) is 0 Å². The minimum Gasteiger partial charge on any atom is -0.462 e. The Labute approximate surface area is 167 Å². The largest absolute Gasteiger partial charge is 0.462 e. The summed E-state index contributed by atoms with van der Waals surface area (Å²) in [4.78, 5) is 23.0. The van der Waals surface area contributed by atoms with Crippen LogP contribution in [0.2, 0.25) is 0 Å². The van der Waals surface area contributed by atoms with Gasteiger partial charge in [-0.2, -0.15) is 0 Å². The summed E-state index contributed by atoms with van der Waals surface area (Å²) in [5, 5.41) is 2.61. The van der Waals surface area contributed by atoms with Crippen LogP contribution in [0.4, 0.5) is 0 Å². The van der Waals surface area contributed by atoms with Gasteiger partial charge in [-0.3, -0.25) is 9.59 Å². The Hall–Kier alpha value is -1.32. The molecule has 0 saturated heterocycles. The zero-order valence-corrected chi connectivity index (χ0v) is 18.1. The molecule has 0 bridgehead atoms. The number of carbonyl (C=O) groups excluding carboxylic acids is 2. The van der Waals surface area contributed by atoms with E-state index in [0.717, 1.165) is 12.8 Å². The molecule has 0 radical (unpaired) electrons. The zero-order valence-electron chi connectivity index (χ0n) is 18.1. The molecule has 0 aromatic carbocycles. The Morgan fingerprint density at radius 2 is 1.33 bits per heavy atom. The minimum absolute atomic E-state index is 0.0257. The molecule has 1 N–H and O–H groups in total. The molecule has 0 spiro atoms. The average molecular weight is 382 g/mol. The molecule has 0 unspecified atom stereocenters. The standard InChI is InChI=1S/C23H43NO3/c1-4-5-6-7-8-9-10-11-12-13-14-15-16-17-18-19-22(25)24-20-23(26)27-21(2)3/h11-12,21H,4-10,13-20H2,1-3H3,(H,24,25)/b12-11-. The average Bonchev–Trinajstić information content (AvgIpc) is 2.62. The summed E-state index contributed by atoms with van der Waals surface area (Å²) in [6.45, 7) is 5.83. The summed E-state index contributed by atoms with van der Waals surface area (Å²) in [5.74, 6) is -0.434. The monoisotopic (exact) mass is 381 g/mol. The van der Waals surface area contributed by atoms with Crippen LogP contribution < -0.4 is 5.32 Å². The molecular formula is C23H43NO3. The Bertz CT molecular complexity index is 391. The van der Waals surface area contributed by atoms with Crippen molar-refractivity contribution < 1.29 is 14.3 Å². The first-order valence-electron chi connectivity index (χ1n) is 11.2. The van der Waals surface area contributed by atoms with E-state index in [1.807, 2.05) is 0 Å². The summed E-state index contributed by atoms with van der Waals surface area (Å²) in [6.07, 6.45) is 21.2. The molecule has 158 valence electrons. The van der Waals surface area contributed by atoms with Crippen LogP contribution >= 0.6 is 0 Å². The first-order valence-corrected chi connectivity index (χ1v) is 11.2. The fourth-order valence-electron chi connectivity index (χ4n) is 2.92. The van der Waals surface area contributed by atoms with Gasteiger partial charge < -0.3 is 10.1 Å². The highest BCUT2D eigenvalue weighted by atomic mass is 16.5. The van der Waals surface area contributed by atoms with Crippen molar-refractivity contribution in [3.63, 3.8) is 0 Å². The number of carbonyl (C=O) groups is 2. The molecule has 4 nitrogen and oxygen atoms in total. The molecule has 0 aliphatic rings. The van der Waals surface area contributed by atoms with Crippen molar-refractivity contribution in [1.82, 2.24) is 5.32 Å². The van der Waals surface area contributed by atoms with Crippen LogP contribution in [0.1, 0.15) is 111 Å². The topological polar surface area (TPSA) is 55.4 Å². The van der Waals surface area contributed by atoms with Crippen LogP contribution in [-0.4, -0.2) is 24.5 Å². The quantitative estimate of drug-likeness (QED) is 0.177. The summed E-state index contributed by atoms with van der Waals surface area (Å²) < 4.78 is 4.97. The number of nitrogens with one attached hydrogen (secondary N) is 1. The van der Waals surface area contributed by atoms with Gasteiger partial charge in [0.05, 0.1) is 6.10 Å². The fraction of sp³-hybridized carbons (Fsp3) is 0.826. The number of hydrogen-bond acceptors (Lipinski definition) is 3. The molecule has 0 atom stereocenters. The number of ether oxygens (including phenoxy) is 1. The van der Waals surface area contributed by atoms with Crippen LogP contribution in [0.5, 0.6) is 0 Å². The van der Waals surface area contributed by atoms with E-state index in [4.69, 9.17) is 4.74 Å². The van der Waals surface area contributed by atoms with Gasteiger partial charge in [0, 0.05) is 6.42 Å². The summed E-state index contributed by atoms with van der Waals surface area (Å²) >= 11 is 0. The summed E-state index contributed by atoms with van der Waals surface area (Å²) in [6, 6.07) is 0. The number of hydrogen-bond donors (Lipinski definition) is 1. The second-order valence-corrected chi connectivity index (χ2v) is 7.65. The summed E-state index contributed by atoms with van der Waals surface area (Å²) in [7, 11) is 0. The SMILES string of the molecule is CCCCCCCC/C=C\CCCCCCCC(=O)NCC(=O)OC(C)C. The van der Waals surface area contributed by atoms with Crippen molar-refractivity contribution in [3.05, 3.63) is 12.2 Å². The van der Waals surface area contributed by atoms with Crippen molar-refractivity contribution in [2.75, 3.05) is 6.54 Å². The van der Waals surface area contributed by atoms with Gasteiger partial charge in [-0.15, -0.1) is 0 Å². The van der Waals surface area contributed by atoms with Crippen molar-refractivity contribution >= 4 is 11.9 Å². The van der Waals surface area contributed by atoms with E-state index >= 15 is 0 Å². The fourth-order valence-corrected chi connectivity index (χ4v) is 2.92. The van der Waals surface area contributed by atoms with Gasteiger partial charge in [-0.25, -0.2) is 0 Å². The molecule has 0 saturated carbocycles. The third kappa shape index (κ3) is 20.8. The molecule has 4 heteroatoms. The number of esters is 1. The predicted octanol–water partition coefficient (Wildman–Crippen LogP) is 6.09. The van der Waals surface area contributed by atoms with E-state index in [9.17, 15) is 9.59 Å². The van der Waals surface area contributed by atoms with Gasteiger partial charge in [0.2, 0.25) is 5.91 Å². The maximum absolute atomic E-state index is 11.6. The van der Waals surface area contributed by atoms with E-state index in [0.29, 0.717) is 6.42 Å². The molecule has 0 aromatic heterocycles. The van der Waals surface area contributed by atoms with Crippen molar-refractivity contribution in [1.29, 1.82) is 0 Å². The first-order chi connectivity index (χ1) is 13.1. The summed E-state index contributed by atoms with van der Waals surface area (Å²) in [5.41, 5.74) is 0. The van der Waals surface area contributed by atoms with E-state index in [-0.39, 0.29) is 24.5 Å². The Morgan fingerprint density at radius 1 is 0.815 bits per heavy atom. The van der Waals surface area contributed by atoms with Gasteiger partial charge >= 0.3 is 5.97 Å². The van der Waals surface area contributed by atoms with Crippen molar-refractivity contribution in [3.8, 4) is 0 Å². The molecule has 27 heavy (non-hydrogen) atoms. The lowest BCUT2D eigenvalue weighted by Crippen LogP contribution is -2.31. The molecule has 0 heterocycles. The van der Waals surface area contributed by atoms with Crippen LogP contribution in [0.15, 0.2) is 12.2 Å². The lowest BCUT2D eigenvalue weighted by atomic mass is 10.1. The van der Waals surface area contributed by atoms with E-state index in [2.05, 4.69) is 24.4 Å². The predicted molar refractivity (Wildman–Crippen MR) is 114 cm³/mol. The number of rotatable bonds is 18. The van der Waals surface area contributed by atoms with Crippen LogP contribution in [0.25, 0.3) is 0 Å². The lowest BCUT2D eigenvalue weighted by molar-refractivity contribution is -0.147. The maximum atomic E-state index is 11.6.